The molecule has 4 nitrogen and oxygen atoms in total. The van der Waals surface area contributed by atoms with Crippen molar-refractivity contribution in [3.63, 3.8) is 0 Å². The Balaban J connectivity index is 1.63. The van der Waals surface area contributed by atoms with Crippen LogP contribution in [0.3, 0.4) is 0 Å². The minimum absolute atomic E-state index is 0.0809. The van der Waals surface area contributed by atoms with Crippen LogP contribution in [0.4, 0.5) is 8.78 Å². The Labute approximate surface area is 185 Å². The monoisotopic (exact) mass is 435 g/mol. The van der Waals surface area contributed by atoms with E-state index in [9.17, 15) is 18.4 Å². The second-order valence-corrected chi connectivity index (χ2v) is 7.85. The number of halogens is 2. The van der Waals surface area contributed by atoms with Gasteiger partial charge in [0, 0.05) is 24.1 Å². The van der Waals surface area contributed by atoms with Crippen LogP contribution >= 0.6 is 0 Å². The number of nitrogens with zero attached hydrogens (tertiary/aromatic N) is 1. The number of ketones is 1. The van der Waals surface area contributed by atoms with E-state index in [1.54, 1.807) is 53.4 Å². The average Bonchev–Trinajstić information content (AvgIpc) is 2.85. The Morgan fingerprint density at radius 2 is 1.53 bits per heavy atom. The first-order valence-electron chi connectivity index (χ1n) is 10.5. The van der Waals surface area contributed by atoms with Crippen LogP contribution in [0.2, 0.25) is 0 Å². The zero-order valence-corrected chi connectivity index (χ0v) is 17.5. The number of benzene rings is 3. The third-order valence-electron chi connectivity index (χ3n) is 5.79. The molecule has 0 N–H and O–H groups in total. The first-order valence-corrected chi connectivity index (χ1v) is 10.5. The van der Waals surface area contributed by atoms with Crippen molar-refractivity contribution >= 4 is 11.7 Å². The van der Waals surface area contributed by atoms with Crippen LogP contribution in [-0.4, -0.2) is 36.3 Å². The van der Waals surface area contributed by atoms with Crippen LogP contribution in [0.5, 0.6) is 0 Å². The number of hydrogen-bond donors (Lipinski definition) is 0. The topological polar surface area (TPSA) is 46.6 Å². The SMILES string of the molecule is O=C(CCC1(c2ccc(F)c(F)c2)CN(C(=O)c2ccccc2)CCO1)c1ccccc1. The Hall–Kier alpha value is -3.38. The molecule has 32 heavy (non-hydrogen) atoms. The molecule has 0 radical (unpaired) electrons. The highest BCUT2D eigenvalue weighted by Gasteiger charge is 2.41. The van der Waals surface area contributed by atoms with Crippen LogP contribution < -0.4 is 0 Å². The molecule has 0 spiro atoms. The zero-order chi connectivity index (χ0) is 22.6. The fourth-order valence-electron chi connectivity index (χ4n) is 4.05. The maximum atomic E-state index is 14.1. The smallest absolute Gasteiger partial charge is 0.254 e. The summed E-state index contributed by atoms with van der Waals surface area (Å²) in [6.45, 7) is 0.719. The van der Waals surface area contributed by atoms with Crippen molar-refractivity contribution in [1.29, 1.82) is 0 Å². The minimum Gasteiger partial charge on any atom is -0.367 e. The second-order valence-electron chi connectivity index (χ2n) is 7.85. The predicted octanol–water partition coefficient (Wildman–Crippen LogP) is 5.00. The van der Waals surface area contributed by atoms with Crippen LogP contribution in [0, 0.1) is 11.6 Å². The fraction of sp³-hybridized carbons (Fsp3) is 0.231. The molecule has 0 bridgehead atoms. The number of morpholine rings is 1. The minimum atomic E-state index is -1.12. The average molecular weight is 435 g/mol. The van der Waals surface area contributed by atoms with Gasteiger partial charge >= 0.3 is 0 Å². The van der Waals surface area contributed by atoms with Crippen LogP contribution in [-0.2, 0) is 10.3 Å². The molecule has 1 aliphatic heterocycles. The molecule has 1 atom stereocenters. The number of Topliss-reactive ketones (excluding diaryl/α,β-unsaturated/α-hetero) is 1. The molecule has 0 aromatic heterocycles. The summed E-state index contributed by atoms with van der Waals surface area (Å²) < 4.78 is 33.8. The lowest BCUT2D eigenvalue weighted by atomic mass is 9.85. The molecule has 1 fully saturated rings. The van der Waals surface area contributed by atoms with Gasteiger partial charge < -0.3 is 9.64 Å². The quantitative estimate of drug-likeness (QED) is 0.512. The Morgan fingerprint density at radius 3 is 2.19 bits per heavy atom. The van der Waals surface area contributed by atoms with Gasteiger partial charge in [0.25, 0.3) is 5.91 Å². The van der Waals surface area contributed by atoms with E-state index in [-0.39, 0.29) is 37.7 Å². The largest absolute Gasteiger partial charge is 0.367 e. The van der Waals surface area contributed by atoms with Crippen LogP contribution in [0.15, 0.2) is 78.9 Å². The summed E-state index contributed by atoms with van der Waals surface area (Å²) in [6.07, 6.45) is 0.362. The van der Waals surface area contributed by atoms with Gasteiger partial charge in [0.15, 0.2) is 17.4 Å². The highest BCUT2D eigenvalue weighted by Crippen LogP contribution is 2.36. The van der Waals surface area contributed by atoms with E-state index >= 15 is 0 Å². The molecule has 1 heterocycles. The van der Waals surface area contributed by atoms with E-state index in [0.717, 1.165) is 12.1 Å². The van der Waals surface area contributed by atoms with E-state index in [1.165, 1.54) is 6.07 Å². The van der Waals surface area contributed by atoms with Crippen molar-refractivity contribution in [3.8, 4) is 0 Å². The summed E-state index contributed by atoms with van der Waals surface area (Å²) in [6, 6.07) is 21.3. The van der Waals surface area contributed by atoms with E-state index in [0.29, 0.717) is 23.2 Å². The number of rotatable bonds is 6. The van der Waals surface area contributed by atoms with Gasteiger partial charge in [-0.1, -0.05) is 54.6 Å². The summed E-state index contributed by atoms with van der Waals surface area (Å²) in [5, 5.41) is 0. The Bertz CT molecular complexity index is 1100. The molecule has 1 unspecified atom stereocenters. The lowest BCUT2D eigenvalue weighted by molar-refractivity contribution is -0.109. The zero-order valence-electron chi connectivity index (χ0n) is 17.5. The van der Waals surface area contributed by atoms with Crippen molar-refractivity contribution in [2.45, 2.75) is 18.4 Å². The molecule has 3 aromatic carbocycles. The molecule has 164 valence electrons. The van der Waals surface area contributed by atoms with E-state index < -0.39 is 17.2 Å². The van der Waals surface area contributed by atoms with Gasteiger partial charge in [-0.15, -0.1) is 0 Å². The normalized spacial score (nSPS) is 18.4. The van der Waals surface area contributed by atoms with Crippen molar-refractivity contribution in [2.24, 2.45) is 0 Å². The van der Waals surface area contributed by atoms with E-state index in [1.807, 2.05) is 12.1 Å². The second kappa shape index (κ2) is 9.40. The highest BCUT2D eigenvalue weighted by atomic mass is 19.2. The molecule has 1 aliphatic rings. The number of amides is 1. The summed E-state index contributed by atoms with van der Waals surface area (Å²) in [5.74, 6) is -2.21. The van der Waals surface area contributed by atoms with Gasteiger partial charge in [0.2, 0.25) is 0 Å². The highest BCUT2D eigenvalue weighted by molar-refractivity contribution is 5.96. The summed E-state index contributed by atoms with van der Waals surface area (Å²) in [5.41, 5.74) is 0.388. The maximum absolute atomic E-state index is 14.1. The molecular formula is C26H23F2NO3. The van der Waals surface area contributed by atoms with Gasteiger partial charge in [-0.2, -0.15) is 0 Å². The number of carbonyl (C=O) groups is 2. The number of carbonyl (C=O) groups excluding carboxylic acids is 2. The number of ether oxygens (including phenoxy) is 1. The van der Waals surface area contributed by atoms with E-state index in [2.05, 4.69) is 0 Å². The number of hydrogen-bond acceptors (Lipinski definition) is 3. The van der Waals surface area contributed by atoms with Crippen molar-refractivity contribution in [2.75, 3.05) is 19.7 Å². The van der Waals surface area contributed by atoms with Crippen LogP contribution in [0.1, 0.15) is 39.1 Å². The summed E-state index contributed by atoms with van der Waals surface area (Å²) in [7, 11) is 0. The molecule has 3 aromatic rings. The fourth-order valence-corrected chi connectivity index (χ4v) is 4.05. The van der Waals surface area contributed by atoms with E-state index in [4.69, 9.17) is 4.74 Å². The molecule has 1 saturated heterocycles. The lowest BCUT2D eigenvalue weighted by Gasteiger charge is -2.43. The van der Waals surface area contributed by atoms with Gasteiger partial charge in [-0.3, -0.25) is 9.59 Å². The standard InChI is InChI=1S/C26H23F2NO3/c27-22-12-11-21(17-23(22)28)26(14-13-24(30)19-7-3-1-4-8-19)18-29(15-16-32-26)25(31)20-9-5-2-6-10-20/h1-12,17H,13-16,18H2. The Kier molecular flexibility index (Phi) is 6.42. The van der Waals surface area contributed by atoms with Crippen molar-refractivity contribution in [3.05, 3.63) is 107 Å². The first kappa shape index (κ1) is 21.8. The predicted molar refractivity (Wildman–Crippen MR) is 116 cm³/mol. The third-order valence-corrected chi connectivity index (χ3v) is 5.79. The molecule has 4 rings (SSSR count). The summed E-state index contributed by atoms with van der Waals surface area (Å²) in [4.78, 5) is 27.5. The maximum Gasteiger partial charge on any atom is 0.254 e. The first-order chi connectivity index (χ1) is 15.5. The van der Waals surface area contributed by atoms with Crippen molar-refractivity contribution in [1.82, 2.24) is 4.90 Å². The van der Waals surface area contributed by atoms with Gasteiger partial charge in [-0.05, 0) is 36.2 Å². The molecule has 0 saturated carbocycles. The lowest BCUT2D eigenvalue weighted by Crippen LogP contribution is -2.52. The third kappa shape index (κ3) is 4.60. The van der Waals surface area contributed by atoms with Crippen LogP contribution in [0.25, 0.3) is 0 Å². The molecule has 6 heteroatoms. The van der Waals surface area contributed by atoms with Gasteiger partial charge in [0.1, 0.15) is 5.60 Å². The molecule has 0 aliphatic carbocycles. The summed E-state index contributed by atoms with van der Waals surface area (Å²) >= 11 is 0. The molecular weight excluding hydrogens is 412 g/mol. The van der Waals surface area contributed by atoms with Gasteiger partial charge in [0.05, 0.1) is 13.2 Å². The van der Waals surface area contributed by atoms with Gasteiger partial charge in [-0.25, -0.2) is 8.78 Å². The molecule has 1 amide bonds. The Morgan fingerprint density at radius 1 is 0.875 bits per heavy atom. The van der Waals surface area contributed by atoms with Crippen molar-refractivity contribution < 1.29 is 23.1 Å².